The third kappa shape index (κ3) is 2.66. The number of aliphatic carboxylic acids is 1. The Kier molecular flexibility index (Phi) is 3.69. The fourth-order valence-corrected chi connectivity index (χ4v) is 3.92. The summed E-state index contributed by atoms with van der Waals surface area (Å²) in [6.45, 7) is 6.87. The molecule has 2 unspecified atom stereocenters. The number of ether oxygens (including phenoxy) is 1. The number of fused-ring (bicyclic) bond motifs is 1. The van der Waals surface area contributed by atoms with E-state index < -0.39 is 23.2 Å². The van der Waals surface area contributed by atoms with Gasteiger partial charge in [0.1, 0.15) is 0 Å². The van der Waals surface area contributed by atoms with Crippen LogP contribution in [0.4, 0.5) is 0 Å². The minimum Gasteiger partial charge on any atom is -0.481 e. The molecule has 2 saturated heterocycles. The topological polar surface area (TPSA) is 78.9 Å². The Morgan fingerprint density at radius 2 is 2.14 bits per heavy atom. The monoisotopic (exact) mass is 296 g/mol. The first-order valence-electron chi connectivity index (χ1n) is 7.77. The van der Waals surface area contributed by atoms with Crippen molar-refractivity contribution in [2.45, 2.75) is 38.8 Å². The van der Waals surface area contributed by atoms with Gasteiger partial charge in [-0.05, 0) is 24.8 Å². The maximum atomic E-state index is 12.2. The molecule has 3 aliphatic rings. The molecule has 0 aromatic heterocycles. The molecule has 21 heavy (non-hydrogen) atoms. The summed E-state index contributed by atoms with van der Waals surface area (Å²) in [6, 6.07) is 0.552. The van der Waals surface area contributed by atoms with Crippen LogP contribution in [-0.2, 0) is 14.3 Å². The highest BCUT2D eigenvalue weighted by Gasteiger charge is 2.65. The third-order valence-electron chi connectivity index (χ3n) is 5.34. The molecule has 0 bridgehead atoms. The highest BCUT2D eigenvalue weighted by atomic mass is 16.5. The SMILES string of the molecule is CC1(C)[C@H](C(=O)O)[C@@H]1C(=O)NCC1CN2CCCC2CO1. The van der Waals surface area contributed by atoms with Crippen LogP contribution in [-0.4, -0.2) is 60.3 Å². The standard InChI is InChI=1S/C15H24N2O4/c1-15(2)11(12(15)14(19)20)13(18)16-6-10-7-17-5-3-4-9(17)8-21-10/h9-12H,3-8H2,1-2H3,(H,16,18)(H,19,20)/t9?,10?,11-,12+/m1/s1. The number of morpholine rings is 1. The van der Waals surface area contributed by atoms with Gasteiger partial charge in [0.25, 0.3) is 0 Å². The molecule has 3 rings (SSSR count). The van der Waals surface area contributed by atoms with Gasteiger partial charge < -0.3 is 15.2 Å². The molecule has 2 heterocycles. The number of hydrogen-bond donors (Lipinski definition) is 2. The van der Waals surface area contributed by atoms with Crippen molar-refractivity contribution >= 4 is 11.9 Å². The number of hydrogen-bond acceptors (Lipinski definition) is 4. The lowest BCUT2D eigenvalue weighted by atomic mass is 10.1. The lowest BCUT2D eigenvalue weighted by molar-refractivity contribution is -0.140. The van der Waals surface area contributed by atoms with Gasteiger partial charge in [0.2, 0.25) is 5.91 Å². The maximum absolute atomic E-state index is 12.2. The minimum absolute atomic E-state index is 0.0217. The van der Waals surface area contributed by atoms with Crippen LogP contribution >= 0.6 is 0 Å². The number of carboxylic acids is 1. The Labute approximate surface area is 124 Å². The fraction of sp³-hybridized carbons (Fsp3) is 0.867. The van der Waals surface area contributed by atoms with E-state index in [1.165, 1.54) is 12.8 Å². The van der Waals surface area contributed by atoms with Crippen LogP contribution in [0.25, 0.3) is 0 Å². The quantitative estimate of drug-likeness (QED) is 0.781. The average Bonchev–Trinajstić information content (AvgIpc) is 2.80. The zero-order valence-electron chi connectivity index (χ0n) is 12.7. The summed E-state index contributed by atoms with van der Waals surface area (Å²) in [6.07, 6.45) is 2.45. The van der Waals surface area contributed by atoms with Gasteiger partial charge in [-0.15, -0.1) is 0 Å². The van der Waals surface area contributed by atoms with Crippen LogP contribution in [0, 0.1) is 17.3 Å². The summed E-state index contributed by atoms with van der Waals surface area (Å²) in [4.78, 5) is 25.7. The lowest BCUT2D eigenvalue weighted by Crippen LogP contribution is -2.50. The fourth-order valence-electron chi connectivity index (χ4n) is 3.92. The van der Waals surface area contributed by atoms with E-state index in [0.717, 1.165) is 19.7 Å². The zero-order chi connectivity index (χ0) is 15.2. The molecule has 1 amide bonds. The number of rotatable bonds is 4. The number of carbonyl (C=O) groups excluding carboxylic acids is 1. The molecule has 0 aromatic carbocycles. The Hall–Kier alpha value is -1.14. The zero-order valence-corrected chi connectivity index (χ0v) is 12.7. The summed E-state index contributed by atoms with van der Waals surface area (Å²) in [5.41, 5.74) is -0.441. The smallest absolute Gasteiger partial charge is 0.307 e. The lowest BCUT2D eigenvalue weighted by Gasteiger charge is -2.35. The molecule has 1 saturated carbocycles. The van der Waals surface area contributed by atoms with Crippen LogP contribution in [0.5, 0.6) is 0 Å². The number of nitrogens with one attached hydrogen (secondary N) is 1. The van der Waals surface area contributed by atoms with Crippen molar-refractivity contribution in [3.8, 4) is 0 Å². The first kappa shape index (κ1) is 14.8. The van der Waals surface area contributed by atoms with E-state index in [9.17, 15) is 9.59 Å². The molecule has 3 fully saturated rings. The van der Waals surface area contributed by atoms with Crippen molar-refractivity contribution in [2.24, 2.45) is 17.3 Å². The molecule has 1 aliphatic carbocycles. The summed E-state index contributed by atoms with van der Waals surface area (Å²) in [5, 5.41) is 12.0. The van der Waals surface area contributed by atoms with Gasteiger partial charge in [0, 0.05) is 19.1 Å². The average molecular weight is 296 g/mol. The first-order valence-corrected chi connectivity index (χ1v) is 7.77. The van der Waals surface area contributed by atoms with Crippen molar-refractivity contribution in [3.05, 3.63) is 0 Å². The molecule has 2 N–H and O–H groups in total. The molecule has 6 nitrogen and oxygen atoms in total. The molecule has 4 atom stereocenters. The van der Waals surface area contributed by atoms with Gasteiger partial charge in [-0.1, -0.05) is 13.8 Å². The minimum atomic E-state index is -0.881. The van der Waals surface area contributed by atoms with Gasteiger partial charge in [-0.2, -0.15) is 0 Å². The Balaban J connectivity index is 1.47. The van der Waals surface area contributed by atoms with Crippen molar-refractivity contribution in [1.82, 2.24) is 10.2 Å². The summed E-state index contributed by atoms with van der Waals surface area (Å²) in [7, 11) is 0. The highest BCUT2D eigenvalue weighted by Crippen LogP contribution is 2.58. The maximum Gasteiger partial charge on any atom is 0.307 e. The van der Waals surface area contributed by atoms with E-state index in [2.05, 4.69) is 10.2 Å². The summed E-state index contributed by atoms with van der Waals surface area (Å²) < 4.78 is 5.80. The summed E-state index contributed by atoms with van der Waals surface area (Å²) >= 11 is 0. The van der Waals surface area contributed by atoms with Crippen LogP contribution in [0.1, 0.15) is 26.7 Å². The van der Waals surface area contributed by atoms with Crippen molar-refractivity contribution in [1.29, 1.82) is 0 Å². The predicted octanol–water partition coefficient (Wildman–Crippen LogP) is 0.323. The van der Waals surface area contributed by atoms with E-state index in [0.29, 0.717) is 12.6 Å². The first-order chi connectivity index (χ1) is 9.91. The van der Waals surface area contributed by atoms with Crippen molar-refractivity contribution in [2.75, 3.05) is 26.2 Å². The van der Waals surface area contributed by atoms with Crippen LogP contribution in [0.2, 0.25) is 0 Å². The number of nitrogens with zero attached hydrogens (tertiary/aromatic N) is 1. The van der Waals surface area contributed by atoms with E-state index in [1.807, 2.05) is 13.8 Å². The Bertz CT molecular complexity index is 451. The van der Waals surface area contributed by atoms with Crippen LogP contribution < -0.4 is 5.32 Å². The molecule has 0 aromatic rings. The normalized spacial score (nSPS) is 37.8. The van der Waals surface area contributed by atoms with Crippen LogP contribution in [0.15, 0.2) is 0 Å². The summed E-state index contributed by atoms with van der Waals surface area (Å²) in [5.74, 6) is -2.01. The van der Waals surface area contributed by atoms with Gasteiger partial charge in [0.05, 0.1) is 24.5 Å². The van der Waals surface area contributed by atoms with Crippen molar-refractivity contribution < 1.29 is 19.4 Å². The van der Waals surface area contributed by atoms with E-state index in [1.54, 1.807) is 0 Å². The Morgan fingerprint density at radius 3 is 2.81 bits per heavy atom. The molecule has 6 heteroatoms. The number of carbonyl (C=O) groups is 2. The second-order valence-electron chi connectivity index (χ2n) is 7.11. The molecular weight excluding hydrogens is 272 g/mol. The third-order valence-corrected chi connectivity index (χ3v) is 5.34. The van der Waals surface area contributed by atoms with Gasteiger partial charge >= 0.3 is 5.97 Å². The number of carboxylic acid groups (broad SMARTS) is 1. The molecule has 0 radical (unpaired) electrons. The van der Waals surface area contributed by atoms with E-state index in [-0.39, 0.29) is 12.0 Å². The second kappa shape index (κ2) is 5.25. The van der Waals surface area contributed by atoms with Gasteiger partial charge in [0.15, 0.2) is 0 Å². The molecule has 118 valence electrons. The number of amides is 1. The van der Waals surface area contributed by atoms with E-state index >= 15 is 0 Å². The molecular formula is C15H24N2O4. The molecule has 2 aliphatic heterocycles. The molecule has 0 spiro atoms. The Morgan fingerprint density at radius 1 is 1.38 bits per heavy atom. The van der Waals surface area contributed by atoms with Crippen LogP contribution in [0.3, 0.4) is 0 Å². The van der Waals surface area contributed by atoms with Gasteiger partial charge in [-0.3, -0.25) is 14.5 Å². The largest absolute Gasteiger partial charge is 0.481 e. The van der Waals surface area contributed by atoms with Gasteiger partial charge in [-0.25, -0.2) is 0 Å². The van der Waals surface area contributed by atoms with Crippen molar-refractivity contribution in [3.63, 3.8) is 0 Å². The predicted molar refractivity (Wildman–Crippen MR) is 75.7 cm³/mol. The second-order valence-corrected chi connectivity index (χ2v) is 7.11. The highest BCUT2D eigenvalue weighted by molar-refractivity contribution is 5.91. The van der Waals surface area contributed by atoms with E-state index in [4.69, 9.17) is 9.84 Å².